The van der Waals surface area contributed by atoms with E-state index in [4.69, 9.17) is 9.26 Å². The zero-order valence-electron chi connectivity index (χ0n) is 13.8. The first-order valence-electron chi connectivity index (χ1n) is 7.80. The number of hydrogen-bond acceptors (Lipinski definition) is 7. The SMILES string of the molecule is Cn1c(=O)n(CC(=O)OCc2nc(-c3cccs3)no2)c2ccccc21. The highest BCUT2D eigenvalue weighted by molar-refractivity contribution is 7.13. The lowest BCUT2D eigenvalue weighted by Gasteiger charge is -2.03. The van der Waals surface area contributed by atoms with E-state index in [9.17, 15) is 9.59 Å². The summed E-state index contributed by atoms with van der Waals surface area (Å²) in [5.74, 6) is 0.0997. The van der Waals surface area contributed by atoms with Gasteiger partial charge in [0.2, 0.25) is 5.82 Å². The first kappa shape index (κ1) is 16.3. The molecule has 0 aliphatic carbocycles. The fourth-order valence-electron chi connectivity index (χ4n) is 2.65. The molecule has 0 saturated carbocycles. The second-order valence-corrected chi connectivity index (χ2v) is 6.51. The number of hydrogen-bond donors (Lipinski definition) is 0. The number of aryl methyl sites for hydroxylation is 1. The summed E-state index contributed by atoms with van der Waals surface area (Å²) in [6.45, 7) is -0.331. The number of rotatable bonds is 5. The molecule has 3 heterocycles. The van der Waals surface area contributed by atoms with Crippen molar-refractivity contribution in [3.05, 3.63) is 58.2 Å². The Morgan fingerprint density at radius 3 is 2.81 bits per heavy atom. The average Bonchev–Trinajstić information content (AvgIpc) is 3.38. The van der Waals surface area contributed by atoms with Crippen molar-refractivity contribution >= 4 is 28.3 Å². The summed E-state index contributed by atoms with van der Waals surface area (Å²) in [5.41, 5.74) is 1.15. The maximum Gasteiger partial charge on any atom is 0.329 e. The number of thiophene rings is 1. The van der Waals surface area contributed by atoms with Crippen molar-refractivity contribution in [2.24, 2.45) is 7.05 Å². The maximum absolute atomic E-state index is 12.3. The van der Waals surface area contributed by atoms with Gasteiger partial charge in [0.25, 0.3) is 5.89 Å². The Labute approximate surface area is 151 Å². The second kappa shape index (κ2) is 6.60. The monoisotopic (exact) mass is 370 g/mol. The minimum absolute atomic E-state index is 0.142. The molecule has 0 atom stereocenters. The number of carbonyl (C=O) groups is 1. The molecule has 0 spiro atoms. The highest BCUT2D eigenvalue weighted by atomic mass is 32.1. The molecule has 0 unspecified atom stereocenters. The van der Waals surface area contributed by atoms with Gasteiger partial charge in [-0.1, -0.05) is 23.4 Å². The largest absolute Gasteiger partial charge is 0.454 e. The smallest absolute Gasteiger partial charge is 0.329 e. The molecule has 0 amide bonds. The van der Waals surface area contributed by atoms with Crippen LogP contribution in [0.2, 0.25) is 0 Å². The van der Waals surface area contributed by atoms with Gasteiger partial charge in [0, 0.05) is 7.05 Å². The lowest BCUT2D eigenvalue weighted by Crippen LogP contribution is -2.26. The molecule has 0 N–H and O–H groups in total. The van der Waals surface area contributed by atoms with Gasteiger partial charge in [0.05, 0.1) is 15.9 Å². The zero-order valence-corrected chi connectivity index (χ0v) is 14.6. The van der Waals surface area contributed by atoms with Crippen molar-refractivity contribution in [2.45, 2.75) is 13.2 Å². The molecular formula is C17H14N4O4S. The third-order valence-corrected chi connectivity index (χ3v) is 4.77. The second-order valence-electron chi connectivity index (χ2n) is 5.57. The molecule has 0 fully saturated rings. The molecular weight excluding hydrogens is 356 g/mol. The van der Waals surface area contributed by atoms with Crippen molar-refractivity contribution < 1.29 is 14.1 Å². The Morgan fingerprint density at radius 1 is 1.23 bits per heavy atom. The summed E-state index contributed by atoms with van der Waals surface area (Å²) in [7, 11) is 1.66. The maximum atomic E-state index is 12.3. The summed E-state index contributed by atoms with van der Waals surface area (Å²) < 4.78 is 13.1. The standard InChI is InChI=1S/C17H14N4O4S/c1-20-11-5-2-3-6-12(11)21(17(20)23)9-15(22)24-10-14-18-16(19-25-14)13-7-4-8-26-13/h2-8H,9-10H2,1H3. The van der Waals surface area contributed by atoms with Gasteiger partial charge in [-0.25, -0.2) is 4.79 Å². The quantitative estimate of drug-likeness (QED) is 0.500. The summed E-state index contributed by atoms with van der Waals surface area (Å²) in [4.78, 5) is 29.5. The Morgan fingerprint density at radius 2 is 2.04 bits per heavy atom. The predicted molar refractivity (Wildman–Crippen MR) is 94.6 cm³/mol. The number of imidazole rings is 1. The number of carbonyl (C=O) groups excluding carboxylic acids is 1. The third kappa shape index (κ3) is 2.93. The first-order valence-corrected chi connectivity index (χ1v) is 8.68. The number of ether oxygens (including phenoxy) is 1. The van der Waals surface area contributed by atoms with E-state index in [1.54, 1.807) is 13.1 Å². The van der Waals surface area contributed by atoms with Gasteiger partial charge in [-0.15, -0.1) is 11.3 Å². The molecule has 0 saturated heterocycles. The van der Waals surface area contributed by atoms with Crippen LogP contribution >= 0.6 is 11.3 Å². The third-order valence-electron chi connectivity index (χ3n) is 3.91. The summed E-state index contributed by atoms with van der Waals surface area (Å²) in [5, 5.41) is 5.76. The lowest BCUT2D eigenvalue weighted by atomic mass is 10.3. The Balaban J connectivity index is 1.45. The summed E-state index contributed by atoms with van der Waals surface area (Å²) >= 11 is 1.49. The molecule has 1 aromatic carbocycles. The molecule has 0 bridgehead atoms. The topological polar surface area (TPSA) is 92.2 Å². The molecule has 0 aliphatic rings. The van der Waals surface area contributed by atoms with Gasteiger partial charge in [-0.2, -0.15) is 4.98 Å². The van der Waals surface area contributed by atoms with Crippen LogP contribution in [0.15, 0.2) is 51.1 Å². The molecule has 4 aromatic rings. The molecule has 26 heavy (non-hydrogen) atoms. The van der Waals surface area contributed by atoms with Crippen LogP contribution in [0.1, 0.15) is 5.89 Å². The van der Waals surface area contributed by atoms with E-state index in [-0.39, 0.29) is 24.7 Å². The van der Waals surface area contributed by atoms with E-state index >= 15 is 0 Å². The highest BCUT2D eigenvalue weighted by Gasteiger charge is 2.16. The van der Waals surface area contributed by atoms with Crippen LogP contribution in [0.25, 0.3) is 21.7 Å². The number of aromatic nitrogens is 4. The highest BCUT2D eigenvalue weighted by Crippen LogP contribution is 2.21. The van der Waals surface area contributed by atoms with E-state index in [1.165, 1.54) is 20.5 Å². The van der Waals surface area contributed by atoms with Crippen LogP contribution in [0.4, 0.5) is 0 Å². The van der Waals surface area contributed by atoms with Crippen molar-refractivity contribution in [3.8, 4) is 10.7 Å². The van der Waals surface area contributed by atoms with Gasteiger partial charge in [0.1, 0.15) is 6.54 Å². The van der Waals surface area contributed by atoms with E-state index < -0.39 is 5.97 Å². The molecule has 0 radical (unpaired) electrons. The number of fused-ring (bicyclic) bond motifs is 1. The van der Waals surface area contributed by atoms with Crippen LogP contribution in [0.5, 0.6) is 0 Å². The van der Waals surface area contributed by atoms with E-state index in [2.05, 4.69) is 10.1 Å². The van der Waals surface area contributed by atoms with Gasteiger partial charge in [-0.05, 0) is 23.6 Å². The van der Waals surface area contributed by atoms with Crippen molar-refractivity contribution in [2.75, 3.05) is 0 Å². The average molecular weight is 370 g/mol. The molecule has 132 valence electrons. The minimum Gasteiger partial charge on any atom is -0.454 e. The molecule has 4 rings (SSSR count). The molecule has 8 nitrogen and oxygen atoms in total. The first-order chi connectivity index (χ1) is 12.6. The van der Waals surface area contributed by atoms with Crippen molar-refractivity contribution in [1.82, 2.24) is 19.3 Å². The number of nitrogens with zero attached hydrogens (tertiary/aromatic N) is 4. The van der Waals surface area contributed by atoms with Gasteiger partial charge < -0.3 is 9.26 Å². The zero-order chi connectivity index (χ0) is 18.1. The van der Waals surface area contributed by atoms with Crippen LogP contribution in [0.3, 0.4) is 0 Å². The fourth-order valence-corrected chi connectivity index (χ4v) is 3.30. The molecule has 9 heteroatoms. The Hall–Kier alpha value is -3.20. The van der Waals surface area contributed by atoms with Crippen LogP contribution in [-0.4, -0.2) is 25.2 Å². The number of esters is 1. The van der Waals surface area contributed by atoms with Crippen molar-refractivity contribution in [1.29, 1.82) is 0 Å². The van der Waals surface area contributed by atoms with E-state index in [1.807, 2.05) is 35.7 Å². The lowest BCUT2D eigenvalue weighted by molar-refractivity contribution is -0.146. The van der Waals surface area contributed by atoms with Gasteiger partial charge in [-0.3, -0.25) is 13.9 Å². The van der Waals surface area contributed by atoms with Crippen LogP contribution in [0, 0.1) is 0 Å². The van der Waals surface area contributed by atoms with Crippen LogP contribution in [-0.2, 0) is 29.7 Å². The summed E-state index contributed by atoms with van der Waals surface area (Å²) in [6, 6.07) is 11.0. The Kier molecular flexibility index (Phi) is 4.13. The van der Waals surface area contributed by atoms with Crippen molar-refractivity contribution in [3.63, 3.8) is 0 Å². The number of para-hydroxylation sites is 2. The molecule has 3 aromatic heterocycles. The normalized spacial score (nSPS) is 11.1. The Bertz CT molecular complexity index is 1120. The van der Waals surface area contributed by atoms with Crippen LogP contribution < -0.4 is 5.69 Å². The molecule has 0 aliphatic heterocycles. The van der Waals surface area contributed by atoms with E-state index in [0.29, 0.717) is 11.3 Å². The summed E-state index contributed by atoms with van der Waals surface area (Å²) in [6.07, 6.45) is 0. The van der Waals surface area contributed by atoms with Gasteiger partial charge in [0.15, 0.2) is 6.61 Å². The number of benzene rings is 1. The predicted octanol–water partition coefficient (Wildman–Crippen LogP) is 2.19. The fraction of sp³-hybridized carbons (Fsp3) is 0.176. The van der Waals surface area contributed by atoms with Gasteiger partial charge >= 0.3 is 11.7 Å². The minimum atomic E-state index is -0.556. The van der Waals surface area contributed by atoms with E-state index in [0.717, 1.165) is 10.4 Å².